The van der Waals surface area contributed by atoms with E-state index in [0.717, 1.165) is 24.3 Å². The SMILES string of the molecule is CCCNCc1cc(Br)ccc1SC1CCCC(C)C1. The second-order valence-electron chi connectivity index (χ2n) is 5.94. The van der Waals surface area contributed by atoms with Gasteiger partial charge in [-0.15, -0.1) is 11.8 Å². The first-order valence-electron chi connectivity index (χ1n) is 7.84. The Kier molecular flexibility index (Phi) is 6.92. The molecule has 1 aromatic rings. The van der Waals surface area contributed by atoms with Crippen LogP contribution in [0.1, 0.15) is 51.5 Å². The maximum atomic E-state index is 3.60. The lowest BCUT2D eigenvalue weighted by atomic mass is 9.91. The van der Waals surface area contributed by atoms with Gasteiger partial charge < -0.3 is 5.32 Å². The summed E-state index contributed by atoms with van der Waals surface area (Å²) in [6.07, 6.45) is 6.77. The summed E-state index contributed by atoms with van der Waals surface area (Å²) >= 11 is 5.70. The topological polar surface area (TPSA) is 12.0 Å². The smallest absolute Gasteiger partial charge is 0.0217 e. The van der Waals surface area contributed by atoms with Crippen molar-refractivity contribution in [1.82, 2.24) is 5.32 Å². The number of hydrogen-bond donors (Lipinski definition) is 1. The standard InChI is InChI=1S/C17H26BrNS/c1-3-9-19-12-14-11-15(18)7-8-17(14)20-16-6-4-5-13(2)10-16/h7-8,11,13,16,19H,3-6,9-10,12H2,1-2H3. The quantitative estimate of drug-likeness (QED) is 0.664. The van der Waals surface area contributed by atoms with Crippen LogP contribution < -0.4 is 5.32 Å². The van der Waals surface area contributed by atoms with Crippen LogP contribution in [0.25, 0.3) is 0 Å². The predicted molar refractivity (Wildman–Crippen MR) is 93.4 cm³/mol. The molecule has 0 spiro atoms. The Bertz CT molecular complexity index is 421. The van der Waals surface area contributed by atoms with Crippen LogP contribution in [-0.2, 0) is 6.54 Å². The molecular formula is C17H26BrNS. The molecule has 1 aromatic carbocycles. The van der Waals surface area contributed by atoms with E-state index in [-0.39, 0.29) is 0 Å². The van der Waals surface area contributed by atoms with Gasteiger partial charge in [0.2, 0.25) is 0 Å². The second kappa shape index (κ2) is 8.45. The third-order valence-corrected chi connectivity index (χ3v) is 5.85. The van der Waals surface area contributed by atoms with E-state index in [0.29, 0.717) is 0 Å². The monoisotopic (exact) mass is 355 g/mol. The molecule has 0 radical (unpaired) electrons. The molecule has 1 N–H and O–H groups in total. The number of nitrogens with one attached hydrogen (secondary N) is 1. The Balaban J connectivity index is 2.01. The highest BCUT2D eigenvalue weighted by atomic mass is 79.9. The van der Waals surface area contributed by atoms with E-state index in [1.807, 2.05) is 0 Å². The summed E-state index contributed by atoms with van der Waals surface area (Å²) in [4.78, 5) is 1.47. The molecule has 1 aliphatic rings. The molecule has 2 atom stereocenters. The number of thioether (sulfide) groups is 1. The molecule has 0 heterocycles. The largest absolute Gasteiger partial charge is 0.313 e. The average Bonchev–Trinajstić information content (AvgIpc) is 2.42. The number of benzene rings is 1. The molecule has 0 amide bonds. The summed E-state index contributed by atoms with van der Waals surface area (Å²) < 4.78 is 1.19. The molecule has 1 fully saturated rings. The Labute approximate surface area is 136 Å². The molecule has 112 valence electrons. The van der Waals surface area contributed by atoms with Crippen LogP contribution in [0, 0.1) is 5.92 Å². The van der Waals surface area contributed by atoms with Crippen molar-refractivity contribution in [2.45, 2.75) is 62.6 Å². The Hall–Kier alpha value is 0.01000. The summed E-state index contributed by atoms with van der Waals surface area (Å²) in [6, 6.07) is 6.74. The maximum absolute atomic E-state index is 3.60. The van der Waals surface area contributed by atoms with Gasteiger partial charge >= 0.3 is 0 Å². The van der Waals surface area contributed by atoms with E-state index in [4.69, 9.17) is 0 Å². The van der Waals surface area contributed by atoms with E-state index >= 15 is 0 Å². The van der Waals surface area contributed by atoms with Crippen molar-refractivity contribution < 1.29 is 0 Å². The van der Waals surface area contributed by atoms with Crippen LogP contribution in [0.2, 0.25) is 0 Å². The minimum Gasteiger partial charge on any atom is -0.313 e. The van der Waals surface area contributed by atoms with Gasteiger partial charge in [0.25, 0.3) is 0 Å². The van der Waals surface area contributed by atoms with Crippen molar-refractivity contribution in [2.24, 2.45) is 5.92 Å². The normalized spacial score (nSPS) is 22.9. The Morgan fingerprint density at radius 3 is 2.95 bits per heavy atom. The van der Waals surface area contributed by atoms with Crippen LogP contribution in [0.15, 0.2) is 27.6 Å². The van der Waals surface area contributed by atoms with Crippen LogP contribution in [-0.4, -0.2) is 11.8 Å². The van der Waals surface area contributed by atoms with Crippen molar-refractivity contribution in [2.75, 3.05) is 6.54 Å². The summed E-state index contributed by atoms with van der Waals surface area (Å²) in [5.74, 6) is 0.901. The highest BCUT2D eigenvalue weighted by molar-refractivity contribution is 9.10. The zero-order valence-electron chi connectivity index (χ0n) is 12.6. The van der Waals surface area contributed by atoms with E-state index in [1.165, 1.54) is 47.0 Å². The van der Waals surface area contributed by atoms with Crippen molar-refractivity contribution in [3.63, 3.8) is 0 Å². The van der Waals surface area contributed by atoms with E-state index in [9.17, 15) is 0 Å². The molecule has 0 aromatic heterocycles. The lowest BCUT2D eigenvalue weighted by Crippen LogP contribution is -2.17. The number of halogens is 1. The highest BCUT2D eigenvalue weighted by Gasteiger charge is 2.20. The lowest BCUT2D eigenvalue weighted by molar-refractivity contribution is 0.394. The molecule has 0 saturated heterocycles. The van der Waals surface area contributed by atoms with Gasteiger partial charge in [-0.05, 0) is 55.5 Å². The van der Waals surface area contributed by atoms with E-state index in [1.54, 1.807) is 0 Å². The molecule has 1 nitrogen and oxygen atoms in total. The number of hydrogen-bond acceptors (Lipinski definition) is 2. The van der Waals surface area contributed by atoms with Crippen LogP contribution >= 0.6 is 27.7 Å². The molecule has 20 heavy (non-hydrogen) atoms. The van der Waals surface area contributed by atoms with Crippen molar-refractivity contribution >= 4 is 27.7 Å². The van der Waals surface area contributed by atoms with Gasteiger partial charge in [-0.25, -0.2) is 0 Å². The lowest BCUT2D eigenvalue weighted by Gasteiger charge is -2.27. The fraction of sp³-hybridized carbons (Fsp3) is 0.647. The molecule has 0 bridgehead atoms. The van der Waals surface area contributed by atoms with Crippen LogP contribution in [0.5, 0.6) is 0 Å². The molecule has 1 saturated carbocycles. The van der Waals surface area contributed by atoms with Crippen LogP contribution in [0.4, 0.5) is 0 Å². The molecule has 3 heteroatoms. The molecule has 1 aliphatic carbocycles. The minimum absolute atomic E-state index is 0.810. The van der Waals surface area contributed by atoms with E-state index in [2.05, 4.69) is 65.1 Å². The fourth-order valence-electron chi connectivity index (χ4n) is 2.87. The van der Waals surface area contributed by atoms with Gasteiger partial charge in [0, 0.05) is 21.2 Å². The maximum Gasteiger partial charge on any atom is 0.0217 e. The van der Waals surface area contributed by atoms with Crippen molar-refractivity contribution in [1.29, 1.82) is 0 Å². The summed E-state index contributed by atoms with van der Waals surface area (Å²) in [5, 5.41) is 4.34. The summed E-state index contributed by atoms with van der Waals surface area (Å²) in [7, 11) is 0. The fourth-order valence-corrected chi connectivity index (χ4v) is 4.77. The third-order valence-electron chi connectivity index (χ3n) is 3.95. The van der Waals surface area contributed by atoms with Gasteiger partial charge in [0.15, 0.2) is 0 Å². The van der Waals surface area contributed by atoms with Gasteiger partial charge in [-0.1, -0.05) is 42.6 Å². The Morgan fingerprint density at radius 2 is 2.20 bits per heavy atom. The molecule has 0 aliphatic heterocycles. The zero-order chi connectivity index (χ0) is 14.4. The first-order valence-corrected chi connectivity index (χ1v) is 9.52. The molecular weight excluding hydrogens is 330 g/mol. The van der Waals surface area contributed by atoms with Gasteiger partial charge in [0.05, 0.1) is 0 Å². The van der Waals surface area contributed by atoms with E-state index < -0.39 is 0 Å². The highest BCUT2D eigenvalue weighted by Crippen LogP contribution is 2.38. The van der Waals surface area contributed by atoms with Crippen molar-refractivity contribution in [3.8, 4) is 0 Å². The number of rotatable bonds is 6. The first kappa shape index (κ1) is 16.4. The summed E-state index contributed by atoms with van der Waals surface area (Å²) in [5.41, 5.74) is 1.44. The van der Waals surface area contributed by atoms with Crippen molar-refractivity contribution in [3.05, 3.63) is 28.2 Å². The van der Waals surface area contributed by atoms with Crippen LogP contribution in [0.3, 0.4) is 0 Å². The van der Waals surface area contributed by atoms with Gasteiger partial charge in [-0.2, -0.15) is 0 Å². The molecule has 2 rings (SSSR count). The predicted octanol–water partition coefficient (Wildman–Crippen LogP) is 5.62. The minimum atomic E-state index is 0.810. The average molecular weight is 356 g/mol. The first-order chi connectivity index (χ1) is 9.69. The second-order valence-corrected chi connectivity index (χ2v) is 8.20. The van der Waals surface area contributed by atoms with Gasteiger partial charge in [0.1, 0.15) is 0 Å². The Morgan fingerprint density at radius 1 is 1.35 bits per heavy atom. The van der Waals surface area contributed by atoms with Gasteiger partial charge in [-0.3, -0.25) is 0 Å². The summed E-state index contributed by atoms with van der Waals surface area (Å²) in [6.45, 7) is 6.69. The third kappa shape index (κ3) is 5.09. The molecule has 2 unspecified atom stereocenters. The zero-order valence-corrected chi connectivity index (χ0v) is 15.0.